The van der Waals surface area contributed by atoms with Crippen molar-refractivity contribution < 1.29 is 5.11 Å². The first-order chi connectivity index (χ1) is 10.1. The fourth-order valence-electron chi connectivity index (χ4n) is 3.07. The third kappa shape index (κ3) is 3.30. The number of hydrogen-bond acceptors (Lipinski definition) is 4. The number of nitrogens with one attached hydrogen (secondary N) is 1. The predicted octanol–water partition coefficient (Wildman–Crippen LogP) is 1.96. The summed E-state index contributed by atoms with van der Waals surface area (Å²) in [6.45, 7) is 5.85. The number of hydrogen-bond donors (Lipinski definition) is 2. The number of aliphatic hydroxyl groups is 1. The van der Waals surface area contributed by atoms with E-state index in [1.54, 1.807) is 12.5 Å². The smallest absolute Gasteiger partial charge is 0.252 e. The van der Waals surface area contributed by atoms with Gasteiger partial charge in [-0.1, -0.05) is 36.1 Å². The molecule has 0 amide bonds. The fraction of sp³-hybridized carbons (Fsp3) is 0.667. The van der Waals surface area contributed by atoms with Crippen molar-refractivity contribution >= 4 is 22.3 Å². The molecule has 124 valence electrons. The molecule has 1 aliphatic heterocycles. The summed E-state index contributed by atoms with van der Waals surface area (Å²) in [4.78, 5) is 15.0. The number of nitrogens with zero attached hydrogens (tertiary/aromatic N) is 2. The molecule has 1 fully saturated rings. The number of piperidine rings is 1. The third-order valence-corrected chi connectivity index (χ3v) is 6.05. The number of likely N-dealkylation sites (tertiary alicyclic amines) is 1. The first kappa shape index (κ1) is 17.7. The quantitative estimate of drug-likeness (QED) is 0.879. The second kappa shape index (κ2) is 6.07. The minimum atomic E-state index is -0.956. The predicted molar refractivity (Wildman–Crippen MR) is 90.8 cm³/mol. The summed E-state index contributed by atoms with van der Waals surface area (Å²) in [7, 11) is 1.25. The first-order valence-electron chi connectivity index (χ1n) is 7.24. The van der Waals surface area contributed by atoms with Crippen LogP contribution in [0, 0.1) is 10.2 Å². The lowest BCUT2D eigenvalue weighted by molar-refractivity contribution is -0.124. The van der Waals surface area contributed by atoms with Crippen LogP contribution in [0.2, 0.25) is 5.02 Å². The second-order valence-electron chi connectivity index (χ2n) is 6.87. The van der Waals surface area contributed by atoms with Crippen molar-refractivity contribution in [3.05, 3.63) is 27.6 Å². The Bertz CT molecular complexity index is 659. The van der Waals surface area contributed by atoms with Crippen LogP contribution >= 0.6 is 11.6 Å². The molecule has 0 aliphatic carbocycles. The number of pyridine rings is 1. The number of aromatic nitrogens is 1. The monoisotopic (exact) mass is 345 g/mol. The minimum Gasteiger partial charge on any atom is -0.387 e. The van der Waals surface area contributed by atoms with Crippen molar-refractivity contribution in [1.29, 1.82) is 4.78 Å². The van der Waals surface area contributed by atoms with Gasteiger partial charge in [0, 0.05) is 30.8 Å². The Kier molecular flexibility index (Phi) is 4.88. The topological polar surface area (TPSA) is 69.3 Å². The van der Waals surface area contributed by atoms with Crippen molar-refractivity contribution in [3.8, 4) is 0 Å². The molecule has 2 unspecified atom stereocenters. The molecular formula is C15H24ClN3O2S. The zero-order valence-corrected chi connectivity index (χ0v) is 15.1. The Labute approximate surface area is 138 Å². The van der Waals surface area contributed by atoms with Gasteiger partial charge >= 0.3 is 0 Å². The van der Waals surface area contributed by atoms with Crippen LogP contribution in [0.4, 0.5) is 0 Å². The highest BCUT2D eigenvalue weighted by Gasteiger charge is 2.47. The zero-order valence-electron chi connectivity index (χ0n) is 13.5. The molecule has 0 bridgehead atoms. The summed E-state index contributed by atoms with van der Waals surface area (Å²) in [5.74, 6) is 0. The Morgan fingerprint density at radius 3 is 2.68 bits per heavy atom. The van der Waals surface area contributed by atoms with Gasteiger partial charge in [0.1, 0.15) is 0 Å². The molecule has 22 heavy (non-hydrogen) atoms. The van der Waals surface area contributed by atoms with E-state index < -0.39 is 16.3 Å². The normalized spacial score (nSPS) is 26.8. The molecule has 5 nitrogen and oxygen atoms in total. The number of halogens is 1. The van der Waals surface area contributed by atoms with Crippen LogP contribution in [0.1, 0.15) is 20.3 Å². The summed E-state index contributed by atoms with van der Waals surface area (Å²) in [5, 5.41) is 11.5. The van der Waals surface area contributed by atoms with E-state index >= 15 is 0 Å². The highest BCUT2D eigenvalue weighted by Crippen LogP contribution is 2.39. The molecule has 1 aromatic rings. The SMILES string of the molecule is CN1CCC(O)(Cn2cc(S(C)=N)c(Cl)cc2=O)C(C)(C)C1. The van der Waals surface area contributed by atoms with Gasteiger partial charge < -0.3 is 14.6 Å². The molecule has 2 atom stereocenters. The summed E-state index contributed by atoms with van der Waals surface area (Å²) < 4.78 is 9.36. The maximum atomic E-state index is 12.2. The van der Waals surface area contributed by atoms with E-state index in [-0.39, 0.29) is 17.5 Å². The van der Waals surface area contributed by atoms with E-state index in [9.17, 15) is 9.90 Å². The summed E-state index contributed by atoms with van der Waals surface area (Å²) in [6, 6.07) is 1.35. The van der Waals surface area contributed by atoms with E-state index in [1.807, 2.05) is 20.9 Å². The van der Waals surface area contributed by atoms with Crippen LogP contribution in [0.15, 0.2) is 22.0 Å². The van der Waals surface area contributed by atoms with Crippen molar-refractivity contribution in [2.75, 3.05) is 26.4 Å². The number of rotatable bonds is 3. The third-order valence-electron chi connectivity index (χ3n) is 4.64. The van der Waals surface area contributed by atoms with Gasteiger partial charge in [0.15, 0.2) is 0 Å². The van der Waals surface area contributed by atoms with Gasteiger partial charge in [0.05, 0.1) is 22.1 Å². The lowest BCUT2D eigenvalue weighted by atomic mass is 9.70. The van der Waals surface area contributed by atoms with Gasteiger partial charge in [-0.25, -0.2) is 0 Å². The molecule has 2 rings (SSSR count). The lowest BCUT2D eigenvalue weighted by Gasteiger charge is -2.49. The van der Waals surface area contributed by atoms with Crippen LogP contribution in [0.5, 0.6) is 0 Å². The van der Waals surface area contributed by atoms with Gasteiger partial charge in [-0.05, 0) is 19.7 Å². The lowest BCUT2D eigenvalue weighted by Crippen LogP contribution is -2.59. The van der Waals surface area contributed by atoms with Crippen LogP contribution in [0.25, 0.3) is 0 Å². The van der Waals surface area contributed by atoms with E-state index in [4.69, 9.17) is 16.4 Å². The second-order valence-corrected chi connectivity index (χ2v) is 8.73. The molecule has 1 saturated heterocycles. The Morgan fingerprint density at radius 1 is 1.50 bits per heavy atom. The summed E-state index contributed by atoms with van der Waals surface area (Å²) in [6.07, 6.45) is 3.98. The Morgan fingerprint density at radius 2 is 2.14 bits per heavy atom. The van der Waals surface area contributed by atoms with E-state index in [0.717, 1.165) is 13.1 Å². The largest absolute Gasteiger partial charge is 0.387 e. The molecular weight excluding hydrogens is 322 g/mol. The van der Waals surface area contributed by atoms with Crippen LogP contribution < -0.4 is 5.56 Å². The minimum absolute atomic E-state index is 0.230. The molecule has 0 saturated carbocycles. The fourth-order valence-corrected chi connectivity index (χ4v) is 4.19. The van der Waals surface area contributed by atoms with E-state index in [1.165, 1.54) is 10.6 Å². The van der Waals surface area contributed by atoms with Crippen molar-refractivity contribution in [3.63, 3.8) is 0 Å². The molecule has 0 aromatic carbocycles. The highest BCUT2D eigenvalue weighted by molar-refractivity contribution is 7.85. The first-order valence-corrected chi connectivity index (χ1v) is 9.25. The molecule has 2 heterocycles. The van der Waals surface area contributed by atoms with Crippen LogP contribution in [-0.4, -0.2) is 46.6 Å². The van der Waals surface area contributed by atoms with Crippen LogP contribution in [-0.2, 0) is 17.2 Å². The maximum Gasteiger partial charge on any atom is 0.252 e. The van der Waals surface area contributed by atoms with E-state index in [2.05, 4.69) is 4.90 Å². The summed E-state index contributed by atoms with van der Waals surface area (Å²) in [5.41, 5.74) is -1.51. The van der Waals surface area contributed by atoms with E-state index in [0.29, 0.717) is 16.3 Å². The van der Waals surface area contributed by atoms with Crippen LogP contribution in [0.3, 0.4) is 0 Å². The average Bonchev–Trinajstić information content (AvgIpc) is 2.37. The molecule has 0 radical (unpaired) electrons. The van der Waals surface area contributed by atoms with Crippen molar-refractivity contribution in [2.45, 2.75) is 37.3 Å². The average molecular weight is 346 g/mol. The van der Waals surface area contributed by atoms with Crippen molar-refractivity contribution in [2.24, 2.45) is 5.41 Å². The molecule has 7 heteroatoms. The Hall–Kier alpha value is -0.690. The van der Waals surface area contributed by atoms with Gasteiger partial charge in [-0.3, -0.25) is 9.57 Å². The summed E-state index contributed by atoms with van der Waals surface area (Å²) >= 11 is 6.05. The standard InChI is InChI=1S/C15H24ClN3O2S/c1-14(2)9-18(3)6-5-15(14,21)10-19-8-12(22(4)17)11(16)7-13(19)20/h7-8,17,21H,5-6,9-10H2,1-4H3. The zero-order chi connectivity index (χ0) is 16.7. The van der Waals surface area contributed by atoms with Gasteiger partial charge in [-0.2, -0.15) is 0 Å². The highest BCUT2D eigenvalue weighted by atomic mass is 35.5. The molecule has 0 spiro atoms. The van der Waals surface area contributed by atoms with Gasteiger partial charge in [-0.15, -0.1) is 0 Å². The van der Waals surface area contributed by atoms with Crippen molar-refractivity contribution in [1.82, 2.24) is 9.47 Å². The molecule has 1 aromatic heterocycles. The molecule has 2 N–H and O–H groups in total. The molecule has 1 aliphatic rings. The maximum absolute atomic E-state index is 12.2. The Balaban J connectivity index is 2.40. The van der Waals surface area contributed by atoms with Gasteiger partial charge in [0.25, 0.3) is 5.56 Å². The van der Waals surface area contributed by atoms with Gasteiger partial charge in [0.2, 0.25) is 0 Å².